The summed E-state index contributed by atoms with van der Waals surface area (Å²) in [4.78, 5) is 52.0. The van der Waals surface area contributed by atoms with E-state index in [1.54, 1.807) is 40.5 Å². The fourth-order valence-corrected chi connectivity index (χ4v) is 6.18. The Bertz CT molecular complexity index is 1770. The molecule has 4 aromatic rings. The number of pyridine rings is 1. The van der Waals surface area contributed by atoms with Gasteiger partial charge in [-0.15, -0.1) is 0 Å². The normalized spacial score (nSPS) is 19.3. The van der Waals surface area contributed by atoms with Gasteiger partial charge in [-0.25, -0.2) is 13.8 Å². The second-order valence-corrected chi connectivity index (χ2v) is 12.1. The molecule has 0 radical (unpaired) electrons. The van der Waals surface area contributed by atoms with E-state index in [0.29, 0.717) is 56.8 Å². The molecule has 1 saturated heterocycles. The summed E-state index contributed by atoms with van der Waals surface area (Å²) < 4.78 is 41.9. The van der Waals surface area contributed by atoms with E-state index in [-0.39, 0.29) is 49.5 Å². The monoisotopic (exact) mass is 672 g/mol. The number of nitrogens with one attached hydrogen (secondary N) is 1. The minimum absolute atomic E-state index is 0.110. The molecule has 49 heavy (non-hydrogen) atoms. The van der Waals surface area contributed by atoms with E-state index in [4.69, 9.17) is 9.47 Å². The number of nitrogens with zero attached hydrogens (tertiary/aromatic N) is 5. The standard InChI is InChI=1S/C36H38F2N6O5/c37-28-10-9-25(30(38)22-28)21-32(46)42-13-1-2-14-44(36(47)34-33(41-31(45)24-49-34)27-7-4-11-39-23-27)16-5-15-43-17-12-40-35(43)26-6-3-8-29(20-26)48-19-18-42/h3-4,6-12,17,20,22-23,33-34H,1-2,5,13-16,18-19,21,24H2,(H,41,45)/t33-,34+/m1/s1. The summed E-state index contributed by atoms with van der Waals surface area (Å²) in [7, 11) is 0. The molecule has 2 aliphatic rings. The summed E-state index contributed by atoms with van der Waals surface area (Å²) in [5.41, 5.74) is 1.63. The van der Waals surface area contributed by atoms with Gasteiger partial charge in [0.2, 0.25) is 11.8 Å². The lowest BCUT2D eigenvalue weighted by atomic mass is 10.00. The maximum Gasteiger partial charge on any atom is 0.254 e. The summed E-state index contributed by atoms with van der Waals surface area (Å²) in [6.07, 6.45) is 7.43. The van der Waals surface area contributed by atoms with Crippen LogP contribution < -0.4 is 10.1 Å². The lowest BCUT2D eigenvalue weighted by Crippen LogP contribution is -2.53. The maximum atomic E-state index is 14.4. The zero-order chi connectivity index (χ0) is 34.2. The van der Waals surface area contributed by atoms with Crippen LogP contribution >= 0.6 is 0 Å². The summed E-state index contributed by atoms with van der Waals surface area (Å²) in [6, 6.07) is 13.6. The smallest absolute Gasteiger partial charge is 0.254 e. The Hall–Kier alpha value is -5.17. The first-order valence-electron chi connectivity index (χ1n) is 16.4. The van der Waals surface area contributed by atoms with Crippen molar-refractivity contribution in [2.45, 2.75) is 44.4 Å². The Morgan fingerprint density at radius 2 is 1.76 bits per heavy atom. The molecule has 0 spiro atoms. The summed E-state index contributed by atoms with van der Waals surface area (Å²) in [5, 5.41) is 2.90. The lowest BCUT2D eigenvalue weighted by Gasteiger charge is -2.35. The highest BCUT2D eigenvalue weighted by Gasteiger charge is 2.38. The van der Waals surface area contributed by atoms with Gasteiger partial charge in [0.05, 0.1) is 19.0 Å². The fraction of sp³-hybridized carbons (Fsp3) is 0.361. The van der Waals surface area contributed by atoms with Crippen LogP contribution in [-0.2, 0) is 32.1 Å². The van der Waals surface area contributed by atoms with Crippen molar-refractivity contribution in [1.82, 2.24) is 29.7 Å². The van der Waals surface area contributed by atoms with Gasteiger partial charge in [0.15, 0.2) is 6.10 Å². The Kier molecular flexibility index (Phi) is 10.9. The summed E-state index contributed by atoms with van der Waals surface area (Å²) in [5.74, 6) is -0.995. The van der Waals surface area contributed by atoms with Crippen molar-refractivity contribution in [2.75, 3.05) is 39.4 Å². The zero-order valence-corrected chi connectivity index (χ0v) is 27.0. The van der Waals surface area contributed by atoms with Crippen molar-refractivity contribution in [2.24, 2.45) is 0 Å². The fourth-order valence-electron chi connectivity index (χ4n) is 6.18. The molecular formula is C36H38F2N6O5. The molecule has 256 valence electrons. The van der Waals surface area contributed by atoms with Gasteiger partial charge in [-0.2, -0.15) is 0 Å². The predicted octanol–water partition coefficient (Wildman–Crippen LogP) is 3.94. The second kappa shape index (κ2) is 15.8. The van der Waals surface area contributed by atoms with Crippen molar-refractivity contribution in [1.29, 1.82) is 0 Å². The number of amides is 3. The van der Waals surface area contributed by atoms with Gasteiger partial charge in [0.25, 0.3) is 5.91 Å². The maximum absolute atomic E-state index is 14.4. The van der Waals surface area contributed by atoms with Crippen LogP contribution in [0.25, 0.3) is 11.4 Å². The number of halogens is 2. The minimum atomic E-state index is -0.941. The molecule has 3 amide bonds. The van der Waals surface area contributed by atoms with Gasteiger partial charge in [0.1, 0.15) is 36.4 Å². The van der Waals surface area contributed by atoms with Crippen LogP contribution in [0, 0.1) is 11.6 Å². The number of rotatable bonds is 4. The molecular weight excluding hydrogens is 634 g/mol. The molecule has 1 fully saturated rings. The van der Waals surface area contributed by atoms with Crippen molar-refractivity contribution in [3.63, 3.8) is 0 Å². The van der Waals surface area contributed by atoms with Crippen LogP contribution in [0.4, 0.5) is 8.78 Å². The number of imidazole rings is 1. The Balaban J connectivity index is 1.23. The van der Waals surface area contributed by atoms with E-state index in [1.807, 2.05) is 35.0 Å². The number of carbonyl (C=O) groups is 3. The van der Waals surface area contributed by atoms with E-state index in [2.05, 4.69) is 15.3 Å². The van der Waals surface area contributed by atoms with Crippen LogP contribution in [0.3, 0.4) is 0 Å². The van der Waals surface area contributed by atoms with Crippen molar-refractivity contribution >= 4 is 17.7 Å². The molecule has 4 heterocycles. The number of hydrogen-bond acceptors (Lipinski definition) is 7. The van der Waals surface area contributed by atoms with Crippen molar-refractivity contribution in [3.8, 4) is 17.1 Å². The van der Waals surface area contributed by atoms with E-state index in [0.717, 1.165) is 23.5 Å². The zero-order valence-electron chi connectivity index (χ0n) is 27.0. The average molecular weight is 673 g/mol. The third-order valence-corrected chi connectivity index (χ3v) is 8.69. The number of hydrogen-bond donors (Lipinski definition) is 1. The highest BCUT2D eigenvalue weighted by atomic mass is 19.1. The minimum Gasteiger partial charge on any atom is -0.492 e. The van der Waals surface area contributed by atoms with Crippen LogP contribution in [0.2, 0.25) is 0 Å². The Morgan fingerprint density at radius 1 is 0.918 bits per heavy atom. The molecule has 2 aromatic carbocycles. The van der Waals surface area contributed by atoms with E-state index < -0.39 is 23.8 Å². The highest BCUT2D eigenvalue weighted by Crippen LogP contribution is 2.26. The first-order chi connectivity index (χ1) is 23.9. The van der Waals surface area contributed by atoms with Crippen LogP contribution in [0.1, 0.15) is 36.4 Å². The van der Waals surface area contributed by atoms with Gasteiger partial charge < -0.3 is 29.2 Å². The molecule has 6 rings (SSSR count). The van der Waals surface area contributed by atoms with Gasteiger partial charge in [-0.3, -0.25) is 19.4 Å². The van der Waals surface area contributed by atoms with E-state index in [1.165, 1.54) is 6.07 Å². The second-order valence-electron chi connectivity index (χ2n) is 12.1. The molecule has 11 nitrogen and oxygen atoms in total. The number of aromatic nitrogens is 3. The van der Waals surface area contributed by atoms with Crippen molar-refractivity contribution in [3.05, 3.63) is 102 Å². The SMILES string of the molecule is O=C1CO[C@H](C(=O)N2CCCCN(C(=O)Cc3ccc(F)cc3F)CCOc3cccc(c3)-c3nccn3CCC2)[C@@H](c2cccnc2)N1. The lowest BCUT2D eigenvalue weighted by molar-refractivity contribution is -0.155. The third-order valence-electron chi connectivity index (χ3n) is 8.69. The number of ether oxygens (including phenoxy) is 2. The highest BCUT2D eigenvalue weighted by molar-refractivity contribution is 5.86. The first-order valence-corrected chi connectivity index (χ1v) is 16.4. The molecule has 2 aliphatic heterocycles. The van der Waals surface area contributed by atoms with E-state index in [9.17, 15) is 23.2 Å². The van der Waals surface area contributed by atoms with E-state index >= 15 is 0 Å². The number of fused-ring (bicyclic) bond motifs is 4. The van der Waals surface area contributed by atoms with Gasteiger partial charge in [-0.05, 0) is 54.7 Å². The molecule has 2 aromatic heterocycles. The van der Waals surface area contributed by atoms with Gasteiger partial charge in [0, 0.05) is 62.6 Å². The van der Waals surface area contributed by atoms with Crippen LogP contribution in [0.5, 0.6) is 5.75 Å². The summed E-state index contributed by atoms with van der Waals surface area (Å²) >= 11 is 0. The molecule has 13 heteroatoms. The Labute approximate surface area is 282 Å². The number of benzene rings is 2. The van der Waals surface area contributed by atoms with Crippen LogP contribution in [-0.4, -0.2) is 87.6 Å². The molecule has 0 aliphatic carbocycles. The molecule has 1 N–H and O–H groups in total. The van der Waals surface area contributed by atoms with Crippen LogP contribution in [0.15, 0.2) is 79.4 Å². The molecule has 0 saturated carbocycles. The predicted molar refractivity (Wildman–Crippen MR) is 175 cm³/mol. The van der Waals surface area contributed by atoms with Crippen molar-refractivity contribution < 1.29 is 32.6 Å². The molecule has 2 bridgehead atoms. The average Bonchev–Trinajstić information content (AvgIpc) is 3.58. The van der Waals surface area contributed by atoms with Gasteiger partial charge >= 0.3 is 0 Å². The summed E-state index contributed by atoms with van der Waals surface area (Å²) in [6.45, 7) is 1.95. The Morgan fingerprint density at radius 3 is 2.57 bits per heavy atom. The largest absolute Gasteiger partial charge is 0.492 e. The molecule has 0 unspecified atom stereocenters. The first kappa shape index (κ1) is 33.7. The quantitative estimate of drug-likeness (QED) is 0.349. The third kappa shape index (κ3) is 8.47. The molecule has 2 atom stereocenters. The number of morpholine rings is 1. The van der Waals surface area contributed by atoms with Gasteiger partial charge in [-0.1, -0.05) is 24.3 Å². The topological polar surface area (TPSA) is 119 Å². The number of carbonyl (C=O) groups excluding carboxylic acids is 3. The number of aryl methyl sites for hydroxylation is 1.